The highest BCUT2D eigenvalue weighted by atomic mass is 35.5. The molecular formula is C10H16ClMgO+2. The van der Waals surface area contributed by atoms with Gasteiger partial charge in [0.05, 0.1) is 0 Å². The van der Waals surface area contributed by atoms with Crippen LogP contribution in [0.1, 0.15) is 19.8 Å². The van der Waals surface area contributed by atoms with Gasteiger partial charge in [-0.05, 0) is 6.42 Å². The van der Waals surface area contributed by atoms with Crippen LogP contribution in [0.2, 0.25) is 0 Å². The number of unbranched alkanes of at least 4 members (excludes halogenated alkanes) is 1. The summed E-state index contributed by atoms with van der Waals surface area (Å²) >= 11 is 1.90. The maximum absolute atomic E-state index is 8.07. The number of hydrogen-bond acceptors (Lipinski definition) is 1. The molecule has 0 aliphatic heterocycles. The lowest BCUT2D eigenvalue weighted by atomic mass is 10.4. The van der Waals surface area contributed by atoms with Gasteiger partial charge in [0.2, 0.25) is 0 Å². The van der Waals surface area contributed by atoms with Gasteiger partial charge in [-0.3, -0.25) is 0 Å². The number of aliphatic hydroxyl groups excluding tert-OH is 1. The molecule has 0 heterocycles. The lowest BCUT2D eigenvalue weighted by Gasteiger charge is -1.79. The van der Waals surface area contributed by atoms with Crippen LogP contribution >= 0.6 is 12.4 Å². The molecule has 0 aliphatic rings. The van der Waals surface area contributed by atoms with Crippen molar-refractivity contribution < 1.29 is 5.11 Å². The molecule has 1 aromatic rings. The van der Waals surface area contributed by atoms with Crippen LogP contribution in [-0.2, 0) is 0 Å². The van der Waals surface area contributed by atoms with Crippen LogP contribution in [0.15, 0.2) is 30.3 Å². The molecule has 0 unspecified atom stereocenters. The van der Waals surface area contributed by atoms with Crippen molar-refractivity contribution in [2.45, 2.75) is 19.8 Å². The first-order chi connectivity index (χ1) is 5.81. The maximum atomic E-state index is 8.07. The Hall–Kier alpha value is 0.236. The van der Waals surface area contributed by atoms with Gasteiger partial charge < -0.3 is 5.11 Å². The average molecular weight is 212 g/mol. The molecule has 1 nitrogen and oxygen atoms in total. The third-order valence-corrected chi connectivity index (χ3v) is 1.83. The Balaban J connectivity index is 0. The molecule has 0 bridgehead atoms. The minimum absolute atomic E-state index is 0. The molecule has 1 rings (SSSR count). The molecule has 3 heteroatoms. The van der Waals surface area contributed by atoms with Crippen LogP contribution < -0.4 is 3.69 Å². The van der Waals surface area contributed by atoms with Gasteiger partial charge in [0.25, 0.3) is 0 Å². The van der Waals surface area contributed by atoms with E-state index in [-0.39, 0.29) is 12.4 Å². The van der Waals surface area contributed by atoms with Crippen LogP contribution in [0.25, 0.3) is 0 Å². The summed E-state index contributed by atoms with van der Waals surface area (Å²) in [6.45, 7) is 2.40. The number of rotatable bonds is 2. The second-order valence-corrected chi connectivity index (χ2v) is 3.38. The van der Waals surface area contributed by atoms with Crippen LogP contribution in [0, 0.1) is 0 Å². The van der Waals surface area contributed by atoms with Crippen LogP contribution in [0.5, 0.6) is 0 Å². The van der Waals surface area contributed by atoms with Crippen molar-refractivity contribution in [3.05, 3.63) is 30.3 Å². The Morgan fingerprint density at radius 2 is 1.77 bits per heavy atom. The Kier molecular flexibility index (Phi) is 14.8. The fourth-order valence-electron chi connectivity index (χ4n) is 0.636. The van der Waals surface area contributed by atoms with Gasteiger partial charge in [0.1, 0.15) is 0 Å². The second-order valence-electron chi connectivity index (χ2n) is 2.56. The van der Waals surface area contributed by atoms with Gasteiger partial charge in [0, 0.05) is 18.7 Å². The fraction of sp³-hybridized carbons (Fsp3) is 0.400. The second kappa shape index (κ2) is 12.2. The van der Waals surface area contributed by atoms with E-state index in [1.807, 2.05) is 39.9 Å². The molecule has 1 aromatic carbocycles. The third-order valence-electron chi connectivity index (χ3n) is 1.35. The van der Waals surface area contributed by atoms with Gasteiger partial charge in [0.15, 0.2) is 0 Å². The smallest absolute Gasteiger partial charge is 0.396 e. The number of benzene rings is 1. The molecule has 0 saturated carbocycles. The summed E-state index contributed by atoms with van der Waals surface area (Å²) in [6, 6.07) is 10.3. The van der Waals surface area contributed by atoms with Crippen molar-refractivity contribution in [1.29, 1.82) is 0 Å². The molecule has 0 atom stereocenters. The quantitative estimate of drug-likeness (QED) is 0.739. The highest BCUT2D eigenvalue weighted by Gasteiger charge is 2.28. The molecule has 69 valence electrons. The lowest BCUT2D eigenvalue weighted by molar-refractivity contribution is 0.287. The first-order valence-electron chi connectivity index (χ1n) is 4.29. The molecule has 0 amide bonds. The van der Waals surface area contributed by atoms with E-state index in [2.05, 4.69) is 19.1 Å². The van der Waals surface area contributed by atoms with E-state index in [0.717, 1.165) is 12.8 Å². The van der Waals surface area contributed by atoms with E-state index in [1.54, 1.807) is 0 Å². The first kappa shape index (κ1) is 15.7. The largest absolute Gasteiger partial charge is 1.47 e. The van der Waals surface area contributed by atoms with E-state index in [1.165, 1.54) is 3.69 Å². The molecule has 1 N–H and O–H groups in total. The van der Waals surface area contributed by atoms with Crippen molar-refractivity contribution in [3.63, 3.8) is 0 Å². The summed E-state index contributed by atoms with van der Waals surface area (Å²) in [5.74, 6) is 0. The third kappa shape index (κ3) is 12.2. The number of aliphatic hydroxyl groups is 1. The monoisotopic (exact) mass is 211 g/mol. The van der Waals surface area contributed by atoms with Crippen LogP contribution in [-0.4, -0.2) is 33.4 Å². The van der Waals surface area contributed by atoms with Gasteiger partial charge in [-0.25, -0.2) is 0 Å². The summed E-state index contributed by atoms with van der Waals surface area (Å²) in [5, 5.41) is 8.07. The van der Waals surface area contributed by atoms with E-state index in [4.69, 9.17) is 5.11 Å². The normalized spacial score (nSPS) is 7.92. The standard InChI is InChI=1S/C6H5.C4H10O.ClH.Mg/c1-2-4-6-5-3-1;1-2-3-4-5;;/h1-5H;5H,2-4H2,1H3;1H;/q;;;+2. The van der Waals surface area contributed by atoms with Gasteiger partial charge in [-0.2, -0.15) is 0 Å². The highest BCUT2D eigenvalue weighted by molar-refractivity contribution is 6.32. The highest BCUT2D eigenvalue weighted by Crippen LogP contribution is 1.79. The Morgan fingerprint density at radius 1 is 1.23 bits per heavy atom. The summed E-state index contributed by atoms with van der Waals surface area (Å²) in [5.41, 5.74) is 0. The first-order valence-corrected chi connectivity index (χ1v) is 4.99. The summed E-state index contributed by atoms with van der Waals surface area (Å²) < 4.78 is 1.35. The molecule has 0 spiro atoms. The van der Waals surface area contributed by atoms with Gasteiger partial charge in [-0.1, -0.05) is 31.5 Å². The summed E-state index contributed by atoms with van der Waals surface area (Å²) in [7, 11) is 0. The molecule has 0 aliphatic carbocycles. The van der Waals surface area contributed by atoms with Crippen molar-refractivity contribution in [1.82, 2.24) is 0 Å². The molecule has 0 aromatic heterocycles. The Morgan fingerprint density at radius 3 is 1.92 bits per heavy atom. The molecule has 7 radical (unpaired) electrons. The number of halogens is 1. The molecular weight excluding hydrogens is 196 g/mol. The Labute approximate surface area is 99.4 Å². The van der Waals surface area contributed by atoms with E-state index in [0.29, 0.717) is 6.61 Å². The molecule has 0 saturated heterocycles. The molecule has 13 heavy (non-hydrogen) atoms. The summed E-state index contributed by atoms with van der Waals surface area (Å²) in [4.78, 5) is 0. The van der Waals surface area contributed by atoms with E-state index in [9.17, 15) is 0 Å². The van der Waals surface area contributed by atoms with Crippen molar-refractivity contribution >= 4 is 37.8 Å². The predicted octanol–water partition coefficient (Wildman–Crippen LogP) is 1.68. The predicted molar refractivity (Wildman–Crippen MR) is 61.1 cm³/mol. The van der Waals surface area contributed by atoms with Crippen molar-refractivity contribution in [3.8, 4) is 0 Å². The zero-order chi connectivity index (χ0) is 9.23. The lowest BCUT2D eigenvalue weighted by Crippen LogP contribution is -1.97. The summed E-state index contributed by atoms with van der Waals surface area (Å²) in [6.07, 6.45) is 2.04. The van der Waals surface area contributed by atoms with Crippen LogP contribution in [0.4, 0.5) is 0 Å². The Bertz CT molecular complexity index is 178. The van der Waals surface area contributed by atoms with Crippen molar-refractivity contribution in [2.24, 2.45) is 0 Å². The van der Waals surface area contributed by atoms with Gasteiger partial charge in [-0.15, -0.1) is 12.4 Å². The SMILES string of the molecule is CCCCO.Cl.[Mg+2][c]1ccccc1. The van der Waals surface area contributed by atoms with Gasteiger partial charge >= 0.3 is 25.4 Å². The number of hydrogen-bond donors (Lipinski definition) is 1. The zero-order valence-electron chi connectivity index (χ0n) is 8.07. The fourth-order valence-corrected chi connectivity index (χ4v) is 0.908. The maximum Gasteiger partial charge on any atom is 1.47 e. The molecule has 0 fully saturated rings. The topological polar surface area (TPSA) is 20.2 Å². The van der Waals surface area contributed by atoms with Crippen LogP contribution in [0.3, 0.4) is 0 Å². The minimum atomic E-state index is 0. The van der Waals surface area contributed by atoms with E-state index >= 15 is 0 Å². The minimum Gasteiger partial charge on any atom is -0.396 e. The van der Waals surface area contributed by atoms with Crippen molar-refractivity contribution in [2.75, 3.05) is 6.61 Å². The zero-order valence-corrected chi connectivity index (χ0v) is 10.3. The van der Waals surface area contributed by atoms with E-state index < -0.39 is 0 Å². The average Bonchev–Trinajstić information content (AvgIpc) is 2.08.